The predicted molar refractivity (Wildman–Crippen MR) is 89.3 cm³/mol. The van der Waals surface area contributed by atoms with Gasteiger partial charge in [-0.25, -0.2) is 0 Å². The van der Waals surface area contributed by atoms with Gasteiger partial charge in [0.25, 0.3) is 5.91 Å². The second-order valence-electron chi connectivity index (χ2n) is 5.56. The highest BCUT2D eigenvalue weighted by molar-refractivity contribution is 6.36. The molecule has 0 atom stereocenters. The van der Waals surface area contributed by atoms with Crippen LogP contribution < -0.4 is 5.32 Å². The second kappa shape index (κ2) is 6.69. The van der Waals surface area contributed by atoms with E-state index >= 15 is 0 Å². The molecule has 0 spiro atoms. The molecule has 2 aromatic rings. The van der Waals surface area contributed by atoms with Gasteiger partial charge in [0.2, 0.25) is 0 Å². The summed E-state index contributed by atoms with van der Waals surface area (Å²) in [5.74, 6) is -0.256. The number of nitrogens with one attached hydrogen (secondary N) is 1. The van der Waals surface area contributed by atoms with Gasteiger partial charge in [0.15, 0.2) is 0 Å². The Morgan fingerprint density at radius 1 is 1.14 bits per heavy atom. The van der Waals surface area contributed by atoms with E-state index in [1.807, 2.05) is 24.3 Å². The van der Waals surface area contributed by atoms with Gasteiger partial charge in [-0.05, 0) is 43.2 Å². The van der Waals surface area contributed by atoms with Crippen LogP contribution in [-0.2, 0) is 12.1 Å². The summed E-state index contributed by atoms with van der Waals surface area (Å²) in [7, 11) is 0. The predicted octanol–water partition coefficient (Wildman–Crippen LogP) is 4.15. The van der Waals surface area contributed by atoms with Crippen molar-refractivity contribution in [3.05, 3.63) is 69.2 Å². The summed E-state index contributed by atoms with van der Waals surface area (Å²) in [6.45, 7) is 3.84. The van der Waals surface area contributed by atoms with Gasteiger partial charge in [-0.1, -0.05) is 47.5 Å². The minimum Gasteiger partial charge on any atom is -0.386 e. The highest BCUT2D eigenvalue weighted by atomic mass is 35.5. The third-order valence-corrected chi connectivity index (χ3v) is 3.84. The van der Waals surface area contributed by atoms with Crippen LogP contribution in [0.4, 0.5) is 0 Å². The molecule has 0 unspecified atom stereocenters. The number of hydrogen-bond acceptors (Lipinski definition) is 2. The van der Waals surface area contributed by atoms with Crippen molar-refractivity contribution in [3.63, 3.8) is 0 Å². The molecule has 0 bridgehead atoms. The molecule has 0 aromatic heterocycles. The number of aliphatic hydroxyl groups is 1. The van der Waals surface area contributed by atoms with Gasteiger partial charge in [0.05, 0.1) is 16.2 Å². The van der Waals surface area contributed by atoms with Gasteiger partial charge in [-0.15, -0.1) is 0 Å². The molecule has 0 fully saturated rings. The number of carbonyl (C=O) groups is 1. The Bertz CT molecular complexity index is 676. The van der Waals surface area contributed by atoms with Crippen molar-refractivity contribution >= 4 is 29.1 Å². The first-order valence-electron chi connectivity index (χ1n) is 6.82. The van der Waals surface area contributed by atoms with Crippen molar-refractivity contribution < 1.29 is 9.90 Å². The summed E-state index contributed by atoms with van der Waals surface area (Å²) in [5.41, 5.74) is 1.27. The van der Waals surface area contributed by atoms with E-state index in [4.69, 9.17) is 23.2 Å². The molecular weight excluding hydrogens is 321 g/mol. The van der Waals surface area contributed by atoms with Gasteiger partial charge in [-0.2, -0.15) is 0 Å². The normalized spacial score (nSPS) is 11.3. The van der Waals surface area contributed by atoms with Crippen LogP contribution in [0.1, 0.15) is 35.3 Å². The van der Waals surface area contributed by atoms with Gasteiger partial charge < -0.3 is 10.4 Å². The van der Waals surface area contributed by atoms with E-state index in [0.29, 0.717) is 22.2 Å². The largest absolute Gasteiger partial charge is 0.386 e. The number of carbonyl (C=O) groups excluding carboxylic acids is 1. The number of benzene rings is 2. The molecule has 2 N–H and O–H groups in total. The van der Waals surface area contributed by atoms with Crippen LogP contribution in [0, 0.1) is 0 Å². The van der Waals surface area contributed by atoms with Gasteiger partial charge in [-0.3, -0.25) is 4.79 Å². The Hall–Kier alpha value is -1.55. The Labute approximate surface area is 139 Å². The summed E-state index contributed by atoms with van der Waals surface area (Å²) in [6.07, 6.45) is 0. The van der Waals surface area contributed by atoms with Crippen LogP contribution in [0.5, 0.6) is 0 Å². The van der Waals surface area contributed by atoms with Crippen molar-refractivity contribution in [1.82, 2.24) is 5.32 Å². The maximum absolute atomic E-state index is 12.1. The van der Waals surface area contributed by atoms with Gasteiger partial charge in [0, 0.05) is 11.6 Å². The van der Waals surface area contributed by atoms with Crippen LogP contribution in [-0.4, -0.2) is 11.0 Å². The Morgan fingerprint density at radius 3 is 2.32 bits per heavy atom. The zero-order valence-electron chi connectivity index (χ0n) is 12.4. The number of halogens is 2. The first-order valence-corrected chi connectivity index (χ1v) is 7.58. The molecule has 2 rings (SSSR count). The average molecular weight is 338 g/mol. The number of rotatable bonds is 4. The molecule has 0 aliphatic heterocycles. The summed E-state index contributed by atoms with van der Waals surface area (Å²) in [6, 6.07) is 12.2. The fraction of sp³-hybridized carbons (Fsp3) is 0.235. The van der Waals surface area contributed by atoms with Crippen LogP contribution in [0.25, 0.3) is 0 Å². The smallest absolute Gasteiger partial charge is 0.253 e. The molecule has 0 heterocycles. The molecule has 22 heavy (non-hydrogen) atoms. The lowest BCUT2D eigenvalue weighted by atomic mass is 9.97. The lowest BCUT2D eigenvalue weighted by Crippen LogP contribution is -2.23. The standard InChI is InChI=1S/C17H17Cl2NO2/c1-17(2,22)12-5-3-11(4-6-12)10-20-16(21)14-8-7-13(18)9-15(14)19/h3-9,22H,10H2,1-2H3,(H,20,21). The topological polar surface area (TPSA) is 49.3 Å². The zero-order chi connectivity index (χ0) is 16.3. The van der Waals surface area contributed by atoms with Gasteiger partial charge in [0.1, 0.15) is 0 Å². The van der Waals surface area contributed by atoms with Crippen LogP contribution >= 0.6 is 23.2 Å². The van der Waals surface area contributed by atoms with Crippen LogP contribution in [0.3, 0.4) is 0 Å². The first-order chi connectivity index (χ1) is 10.3. The van der Waals surface area contributed by atoms with E-state index in [0.717, 1.165) is 11.1 Å². The molecule has 5 heteroatoms. The molecule has 116 valence electrons. The highest BCUT2D eigenvalue weighted by Crippen LogP contribution is 2.21. The second-order valence-corrected chi connectivity index (χ2v) is 6.41. The molecule has 2 aromatic carbocycles. The average Bonchev–Trinajstić information content (AvgIpc) is 2.44. The minimum atomic E-state index is -0.876. The van der Waals surface area contributed by atoms with E-state index in [-0.39, 0.29) is 5.91 Å². The van der Waals surface area contributed by atoms with Crippen molar-refractivity contribution in [1.29, 1.82) is 0 Å². The van der Waals surface area contributed by atoms with Crippen molar-refractivity contribution in [3.8, 4) is 0 Å². The van der Waals surface area contributed by atoms with E-state index in [2.05, 4.69) is 5.32 Å². The van der Waals surface area contributed by atoms with Crippen LogP contribution in [0.2, 0.25) is 10.0 Å². The molecule has 0 aliphatic carbocycles. The van der Waals surface area contributed by atoms with Crippen molar-refractivity contribution in [2.24, 2.45) is 0 Å². The first kappa shape index (κ1) is 16.8. The van der Waals surface area contributed by atoms with Crippen molar-refractivity contribution in [2.75, 3.05) is 0 Å². The summed E-state index contributed by atoms with van der Waals surface area (Å²) >= 11 is 11.8. The summed E-state index contributed by atoms with van der Waals surface area (Å²) < 4.78 is 0. The molecule has 3 nitrogen and oxygen atoms in total. The quantitative estimate of drug-likeness (QED) is 0.880. The maximum atomic E-state index is 12.1. The molecule has 0 saturated carbocycles. The minimum absolute atomic E-state index is 0.256. The Balaban J connectivity index is 2.02. The van der Waals surface area contributed by atoms with Crippen molar-refractivity contribution in [2.45, 2.75) is 26.0 Å². The third kappa shape index (κ3) is 4.23. The van der Waals surface area contributed by atoms with E-state index in [9.17, 15) is 9.90 Å². The molecule has 0 aliphatic rings. The Morgan fingerprint density at radius 2 is 1.77 bits per heavy atom. The third-order valence-electron chi connectivity index (χ3n) is 3.29. The monoisotopic (exact) mass is 337 g/mol. The van der Waals surface area contributed by atoms with E-state index in [1.165, 1.54) is 6.07 Å². The lowest BCUT2D eigenvalue weighted by Gasteiger charge is -2.18. The zero-order valence-corrected chi connectivity index (χ0v) is 13.9. The summed E-state index contributed by atoms with van der Waals surface area (Å²) in [5, 5.41) is 13.5. The fourth-order valence-electron chi connectivity index (χ4n) is 1.98. The molecule has 0 radical (unpaired) electrons. The van der Waals surface area contributed by atoms with E-state index in [1.54, 1.807) is 26.0 Å². The molecule has 0 saturated heterocycles. The molecular formula is C17H17Cl2NO2. The van der Waals surface area contributed by atoms with E-state index < -0.39 is 5.60 Å². The Kier molecular flexibility index (Phi) is 5.12. The van der Waals surface area contributed by atoms with Crippen LogP contribution in [0.15, 0.2) is 42.5 Å². The molecule has 1 amide bonds. The maximum Gasteiger partial charge on any atom is 0.253 e. The SMILES string of the molecule is CC(C)(O)c1ccc(CNC(=O)c2ccc(Cl)cc2Cl)cc1. The lowest BCUT2D eigenvalue weighted by molar-refractivity contribution is 0.0785. The number of hydrogen-bond donors (Lipinski definition) is 2. The highest BCUT2D eigenvalue weighted by Gasteiger charge is 2.15. The number of amides is 1. The fourth-order valence-corrected chi connectivity index (χ4v) is 2.48. The summed E-state index contributed by atoms with van der Waals surface area (Å²) in [4.78, 5) is 12.1. The van der Waals surface area contributed by atoms with Gasteiger partial charge >= 0.3 is 0 Å².